The van der Waals surface area contributed by atoms with Crippen molar-refractivity contribution >= 4 is 5.91 Å². The molecule has 0 spiro atoms. The van der Waals surface area contributed by atoms with Gasteiger partial charge < -0.3 is 10.2 Å². The second-order valence-electron chi connectivity index (χ2n) is 7.36. The molecule has 1 N–H and O–H groups in total. The fraction of sp³-hybridized carbons (Fsp3) is 0.824. The molecule has 2 aliphatic rings. The maximum Gasteiger partial charge on any atom is 0.276 e. The van der Waals surface area contributed by atoms with Crippen molar-refractivity contribution in [2.75, 3.05) is 19.6 Å². The molecule has 3 rings (SSSR count). The number of nitrogens with one attached hydrogen (secondary N) is 1. The lowest BCUT2D eigenvalue weighted by Gasteiger charge is -2.24. The third-order valence-electron chi connectivity index (χ3n) is 4.98. The molecule has 1 saturated carbocycles. The van der Waals surface area contributed by atoms with Crippen molar-refractivity contribution in [3.05, 3.63) is 11.4 Å². The Hall–Kier alpha value is -1.43. The number of hydrogen-bond acceptors (Lipinski definition) is 4. The molecule has 23 heavy (non-hydrogen) atoms. The zero-order chi connectivity index (χ0) is 16.4. The Bertz CT molecular complexity index is 543. The third kappa shape index (κ3) is 3.74. The predicted molar refractivity (Wildman–Crippen MR) is 89.4 cm³/mol. The summed E-state index contributed by atoms with van der Waals surface area (Å²) in [6.07, 6.45) is 5.41. The summed E-state index contributed by atoms with van der Waals surface area (Å²) in [4.78, 5) is 15.0. The van der Waals surface area contributed by atoms with Gasteiger partial charge in [0.05, 0.1) is 11.7 Å². The van der Waals surface area contributed by atoms with Gasteiger partial charge in [-0.3, -0.25) is 4.79 Å². The Balaban J connectivity index is 1.74. The summed E-state index contributed by atoms with van der Waals surface area (Å²) in [6, 6.07) is 0.792. The summed E-state index contributed by atoms with van der Waals surface area (Å²) in [5.74, 6) is 0.682. The number of aromatic nitrogens is 3. The van der Waals surface area contributed by atoms with E-state index < -0.39 is 0 Å². The van der Waals surface area contributed by atoms with E-state index in [1.54, 1.807) is 0 Å². The quantitative estimate of drug-likeness (QED) is 0.873. The normalized spacial score (nSPS) is 19.3. The Morgan fingerprint density at radius 2 is 2.00 bits per heavy atom. The molecule has 2 heterocycles. The Kier molecular flexibility index (Phi) is 4.99. The van der Waals surface area contributed by atoms with E-state index in [9.17, 15) is 4.79 Å². The summed E-state index contributed by atoms with van der Waals surface area (Å²) in [7, 11) is 0. The minimum atomic E-state index is 0.0748. The molecule has 0 bridgehead atoms. The zero-order valence-corrected chi connectivity index (χ0v) is 14.6. The van der Waals surface area contributed by atoms with Gasteiger partial charge in [-0.25, -0.2) is 4.68 Å². The zero-order valence-electron chi connectivity index (χ0n) is 14.6. The Labute approximate surface area is 138 Å². The van der Waals surface area contributed by atoms with Crippen LogP contribution in [0, 0.1) is 12.8 Å². The fourth-order valence-electron chi connectivity index (χ4n) is 3.31. The van der Waals surface area contributed by atoms with Crippen LogP contribution in [-0.4, -0.2) is 51.5 Å². The first-order valence-corrected chi connectivity index (χ1v) is 9.01. The highest BCUT2D eigenvalue weighted by Gasteiger charge is 2.35. The Morgan fingerprint density at radius 1 is 1.30 bits per heavy atom. The molecule has 6 nitrogen and oxygen atoms in total. The number of piperidine rings is 1. The number of carbonyl (C=O) groups is 1. The third-order valence-corrected chi connectivity index (χ3v) is 4.98. The van der Waals surface area contributed by atoms with Crippen LogP contribution in [0.15, 0.2) is 0 Å². The molecule has 1 aromatic heterocycles. The lowest BCUT2D eigenvalue weighted by Crippen LogP contribution is -2.35. The van der Waals surface area contributed by atoms with Crippen LogP contribution in [0.5, 0.6) is 0 Å². The van der Waals surface area contributed by atoms with Crippen LogP contribution in [0.4, 0.5) is 0 Å². The van der Waals surface area contributed by atoms with Gasteiger partial charge in [0, 0.05) is 12.6 Å². The highest BCUT2D eigenvalue weighted by molar-refractivity contribution is 5.93. The fourth-order valence-corrected chi connectivity index (χ4v) is 3.31. The highest BCUT2D eigenvalue weighted by Crippen LogP contribution is 2.29. The molecule has 128 valence electrons. The van der Waals surface area contributed by atoms with E-state index in [-0.39, 0.29) is 5.91 Å². The van der Waals surface area contributed by atoms with Crippen LogP contribution in [0.3, 0.4) is 0 Å². The van der Waals surface area contributed by atoms with Crippen molar-refractivity contribution in [3.8, 4) is 0 Å². The van der Waals surface area contributed by atoms with Gasteiger partial charge >= 0.3 is 0 Å². The van der Waals surface area contributed by atoms with Gasteiger partial charge in [0.15, 0.2) is 5.69 Å². The van der Waals surface area contributed by atoms with Gasteiger partial charge in [-0.15, -0.1) is 5.10 Å². The molecule has 1 aliphatic heterocycles. The molecule has 6 heteroatoms. The lowest BCUT2D eigenvalue weighted by atomic mass is 10.1. The molecule has 0 radical (unpaired) electrons. The van der Waals surface area contributed by atoms with E-state index in [1.807, 2.05) is 16.5 Å². The topological polar surface area (TPSA) is 63.1 Å². The Morgan fingerprint density at radius 3 is 2.61 bits per heavy atom. The van der Waals surface area contributed by atoms with Crippen molar-refractivity contribution in [1.82, 2.24) is 25.2 Å². The van der Waals surface area contributed by atoms with Crippen molar-refractivity contribution in [2.45, 2.75) is 65.0 Å². The van der Waals surface area contributed by atoms with Gasteiger partial charge in [0.1, 0.15) is 0 Å². The maximum atomic E-state index is 13.0. The number of hydrogen-bond donors (Lipinski definition) is 1. The maximum absolute atomic E-state index is 13.0. The molecule has 1 amide bonds. The molecular formula is C17H29N5O. The molecule has 1 aromatic rings. The van der Waals surface area contributed by atoms with Crippen molar-refractivity contribution < 1.29 is 4.79 Å². The summed E-state index contributed by atoms with van der Waals surface area (Å²) in [6.45, 7) is 9.25. The van der Waals surface area contributed by atoms with E-state index in [1.165, 1.54) is 0 Å². The minimum Gasteiger partial charge on any atom is -0.334 e. The van der Waals surface area contributed by atoms with Crippen molar-refractivity contribution in [2.24, 2.45) is 5.92 Å². The summed E-state index contributed by atoms with van der Waals surface area (Å²) in [5, 5.41) is 11.9. The number of rotatable bonds is 6. The molecule has 1 saturated heterocycles. The largest absolute Gasteiger partial charge is 0.334 e. The lowest BCUT2D eigenvalue weighted by molar-refractivity contribution is 0.0728. The number of amides is 1. The van der Waals surface area contributed by atoms with Crippen LogP contribution < -0.4 is 5.32 Å². The summed E-state index contributed by atoms with van der Waals surface area (Å²) in [5.41, 5.74) is 1.48. The predicted octanol–water partition coefficient (Wildman–Crippen LogP) is 2.16. The van der Waals surface area contributed by atoms with Gasteiger partial charge in [-0.2, -0.15) is 0 Å². The second-order valence-corrected chi connectivity index (χ2v) is 7.36. The average Bonchev–Trinajstić information content (AvgIpc) is 3.30. The molecular weight excluding hydrogens is 290 g/mol. The molecule has 0 atom stereocenters. The number of carbonyl (C=O) groups excluding carboxylic acids is 1. The van der Waals surface area contributed by atoms with E-state index in [2.05, 4.69) is 29.5 Å². The van der Waals surface area contributed by atoms with Crippen molar-refractivity contribution in [3.63, 3.8) is 0 Å². The van der Waals surface area contributed by atoms with E-state index in [0.29, 0.717) is 23.7 Å². The first-order chi connectivity index (χ1) is 11.1. The highest BCUT2D eigenvalue weighted by atomic mass is 16.2. The standard InChI is InChI=1S/C17H29N5O/c1-12(2)8-11-21(14-4-5-14)17(23)16-13(3)22(20-19-16)15-6-9-18-10-7-15/h12,14-15,18H,4-11H2,1-3H3. The summed E-state index contributed by atoms with van der Waals surface area (Å²) >= 11 is 0. The van der Waals surface area contributed by atoms with Gasteiger partial charge in [0.25, 0.3) is 5.91 Å². The van der Waals surface area contributed by atoms with Crippen LogP contribution >= 0.6 is 0 Å². The van der Waals surface area contributed by atoms with Crippen LogP contribution in [0.25, 0.3) is 0 Å². The van der Waals surface area contributed by atoms with Crippen molar-refractivity contribution in [1.29, 1.82) is 0 Å². The molecule has 1 aliphatic carbocycles. The molecule has 0 unspecified atom stereocenters. The SMILES string of the molecule is Cc1c(C(=O)N(CCC(C)C)C2CC2)nnn1C1CCNCC1. The van der Waals surface area contributed by atoms with Gasteiger partial charge in [0.2, 0.25) is 0 Å². The van der Waals surface area contributed by atoms with Gasteiger partial charge in [-0.05, 0) is 58.0 Å². The van der Waals surface area contributed by atoms with Crippen LogP contribution in [0.2, 0.25) is 0 Å². The minimum absolute atomic E-state index is 0.0748. The molecule has 2 fully saturated rings. The van der Waals surface area contributed by atoms with E-state index in [4.69, 9.17) is 0 Å². The van der Waals surface area contributed by atoms with Crippen LogP contribution in [-0.2, 0) is 0 Å². The first kappa shape index (κ1) is 16.4. The summed E-state index contributed by atoms with van der Waals surface area (Å²) < 4.78 is 1.97. The smallest absolute Gasteiger partial charge is 0.276 e. The average molecular weight is 319 g/mol. The second kappa shape index (κ2) is 6.99. The van der Waals surface area contributed by atoms with E-state index in [0.717, 1.165) is 57.4 Å². The number of nitrogens with zero attached hydrogens (tertiary/aromatic N) is 4. The van der Waals surface area contributed by atoms with E-state index >= 15 is 0 Å². The van der Waals surface area contributed by atoms with Gasteiger partial charge in [-0.1, -0.05) is 19.1 Å². The monoisotopic (exact) mass is 319 g/mol. The first-order valence-electron chi connectivity index (χ1n) is 9.01. The van der Waals surface area contributed by atoms with Crippen LogP contribution in [0.1, 0.15) is 68.2 Å². The molecule has 0 aromatic carbocycles.